The van der Waals surface area contributed by atoms with Crippen LogP contribution in [0.1, 0.15) is 22.3 Å². The molecule has 0 fully saturated rings. The minimum Gasteiger partial charge on any atom is -0.255 e. The Balaban J connectivity index is -0.000000386. The molecule has 9 nitrogen and oxygen atoms in total. The van der Waals surface area contributed by atoms with Gasteiger partial charge in [-0.2, -0.15) is 0 Å². The van der Waals surface area contributed by atoms with E-state index < -0.39 is 15.6 Å². The number of nitrogens with zero attached hydrogens (tertiary/aromatic N) is 8. The van der Waals surface area contributed by atoms with Gasteiger partial charge in [0.15, 0.2) is 0 Å². The van der Waals surface area contributed by atoms with Crippen molar-refractivity contribution in [1.29, 1.82) is 0 Å². The molecule has 2 aromatic heterocycles. The minimum absolute atomic E-state index is 0. The molecule has 0 saturated heterocycles. The molecule has 0 saturated carbocycles. The number of hydrogen-bond donors (Lipinski definition) is 0. The van der Waals surface area contributed by atoms with E-state index in [4.69, 9.17) is 51.1 Å². The predicted molar refractivity (Wildman–Crippen MR) is 251 cm³/mol. The van der Waals surface area contributed by atoms with Gasteiger partial charge in [0.2, 0.25) is 0 Å². The van der Waals surface area contributed by atoms with Crippen molar-refractivity contribution in [3.63, 3.8) is 0 Å². The SMILES string of the molecule is Cc1ccc(N=N[N-]c2ccc(C)cc2)cc1.Cc1ccc(N=N[N-]c2ccc(C)cc2)cc1.ClCCl.ClCCl.F[P-](F)(F)(F)(F)F.F[P-](F)(F)(F)(F)F.[C-]#[O+].[Rh+2].[Rh+2].c1ccc(-c2ccccn2)nc1. The van der Waals surface area contributed by atoms with E-state index in [9.17, 15) is 50.4 Å². The van der Waals surface area contributed by atoms with Crippen molar-refractivity contribution in [3.8, 4) is 11.4 Å². The van der Waals surface area contributed by atoms with Crippen molar-refractivity contribution in [3.05, 3.63) is 186 Å². The third-order valence-electron chi connectivity index (χ3n) is 6.37. The Hall–Kier alpha value is -3.85. The average Bonchev–Trinajstić information content (AvgIpc) is 3.24. The first kappa shape index (κ1) is 72.7. The van der Waals surface area contributed by atoms with E-state index in [1.54, 1.807) is 12.4 Å². The van der Waals surface area contributed by atoms with Crippen molar-refractivity contribution in [1.82, 2.24) is 9.97 Å². The van der Waals surface area contributed by atoms with E-state index in [1.807, 2.05) is 161 Å². The quantitative estimate of drug-likeness (QED) is 0.0231. The Morgan fingerprint density at radius 3 is 0.843 bits per heavy atom. The van der Waals surface area contributed by atoms with Crippen molar-refractivity contribution in [2.45, 2.75) is 27.7 Å². The summed E-state index contributed by atoms with van der Waals surface area (Å²) in [5, 5.41) is 16.1. The van der Waals surface area contributed by atoms with Gasteiger partial charge in [0.1, 0.15) is 0 Å². The molecule has 29 heteroatoms. The van der Waals surface area contributed by atoms with Crippen molar-refractivity contribution in [2.24, 2.45) is 20.7 Å². The maximum Gasteiger partial charge on any atom is 2.00 e. The standard InChI is InChI=1S/2C14H14N3.C10H8N2.2CH2Cl2.CO.2F6P.2Rh/c2*1-11-3-7-13(8-4-11)15-17-16-14-9-5-12(2)6-10-14;1-3-7-11-9(5-1)10-6-2-4-8-12-10;2*2-1-3;1-2;2*1-7(2,3,4,5)6;;/h2*3-10H,1-2H3;1-8H;2*1H2;;;;;/q2*-1;;;;;2*-1;2*+2. The summed E-state index contributed by atoms with van der Waals surface area (Å²) in [6.45, 7) is 12.7. The van der Waals surface area contributed by atoms with Crippen molar-refractivity contribution < 1.29 is 94.0 Å². The second-order valence-electron chi connectivity index (χ2n) is 12.5. The van der Waals surface area contributed by atoms with E-state index in [0.717, 1.165) is 34.1 Å². The monoisotopic (exact) mass is 1300 g/mol. The molecule has 0 amide bonds. The molecule has 390 valence electrons. The molecule has 70 heavy (non-hydrogen) atoms. The zero-order valence-electron chi connectivity index (χ0n) is 36.4. The molecule has 0 aliphatic rings. The van der Waals surface area contributed by atoms with E-state index in [2.05, 4.69) is 48.1 Å². The molecular formula is C41H40Cl4F12N8OP2Rh2. The van der Waals surface area contributed by atoms with Gasteiger partial charge in [-0.05, 0) is 74.7 Å². The second kappa shape index (κ2) is 33.0. The number of alkyl halides is 4. The van der Waals surface area contributed by atoms with Gasteiger partial charge in [-0.25, -0.2) is 0 Å². The molecule has 4 aromatic carbocycles. The number of pyridine rings is 2. The summed E-state index contributed by atoms with van der Waals surface area (Å²) < 4.78 is 126. The van der Waals surface area contributed by atoms with Gasteiger partial charge >= 0.3 is 116 Å². The zero-order valence-corrected chi connectivity index (χ0v) is 44.5. The number of aryl methyl sites for hydroxylation is 4. The van der Waals surface area contributed by atoms with Gasteiger partial charge in [0.05, 0.1) is 22.1 Å². The van der Waals surface area contributed by atoms with Crippen LogP contribution >= 0.6 is 62.0 Å². The molecular weight excluding hydrogens is 1260 g/mol. The molecule has 0 atom stereocenters. The third kappa shape index (κ3) is 55.1. The van der Waals surface area contributed by atoms with Crippen molar-refractivity contribution >= 4 is 84.8 Å². The largest absolute Gasteiger partial charge is 2.00 e. The van der Waals surface area contributed by atoms with E-state index in [0.29, 0.717) is 0 Å². The Kier molecular flexibility index (Phi) is 34.3. The zero-order chi connectivity index (χ0) is 52.6. The molecule has 2 heterocycles. The van der Waals surface area contributed by atoms with E-state index in [-0.39, 0.29) is 49.6 Å². The summed E-state index contributed by atoms with van der Waals surface area (Å²) >= 11 is 19.1. The van der Waals surface area contributed by atoms with Gasteiger partial charge < -0.3 is 21.1 Å². The molecule has 2 radical (unpaired) electrons. The van der Waals surface area contributed by atoms with Crippen LogP contribution in [-0.2, 0) is 43.6 Å². The number of aromatic nitrogens is 2. The van der Waals surface area contributed by atoms with Gasteiger partial charge in [0, 0.05) is 12.4 Å². The number of rotatable bonds is 7. The van der Waals surface area contributed by atoms with Crippen LogP contribution in [0.25, 0.3) is 22.2 Å². The Labute approximate surface area is 442 Å². The smallest absolute Gasteiger partial charge is 0.255 e. The first-order valence-electron chi connectivity index (χ1n) is 18.1. The number of halogens is 16. The molecule has 0 N–H and O–H groups in total. The van der Waals surface area contributed by atoms with Crippen LogP contribution in [0.4, 0.5) is 73.1 Å². The molecule has 0 spiro atoms. The molecule has 0 bridgehead atoms. The van der Waals surface area contributed by atoms with Gasteiger partial charge in [0.25, 0.3) is 0 Å². The normalized spacial score (nSPS) is 12.0. The number of hydrogen-bond acceptors (Lipinski definition) is 6. The van der Waals surface area contributed by atoms with Crippen LogP contribution in [-0.4, -0.2) is 20.6 Å². The molecule has 0 aliphatic carbocycles. The Bertz CT molecular complexity index is 2190. The minimum atomic E-state index is -10.7. The van der Waals surface area contributed by atoms with E-state index >= 15 is 0 Å². The predicted octanol–water partition coefficient (Wildman–Crippen LogP) is 21.7. The van der Waals surface area contributed by atoms with Crippen LogP contribution in [0.15, 0.2) is 167 Å². The van der Waals surface area contributed by atoms with Gasteiger partial charge in [-0.3, -0.25) is 20.4 Å². The van der Waals surface area contributed by atoms with Gasteiger partial charge in [-0.1, -0.05) is 131 Å². The maximum atomic E-state index is 9.87. The average molecular weight is 1300 g/mol. The summed E-state index contributed by atoms with van der Waals surface area (Å²) in [5.74, 6) is 0. The maximum absolute atomic E-state index is 10.7. The molecule has 0 unspecified atom stereocenters. The molecule has 6 rings (SSSR count). The summed E-state index contributed by atoms with van der Waals surface area (Å²) in [5.41, 5.74) is 18.0. The molecule has 0 aliphatic heterocycles. The first-order chi connectivity index (χ1) is 31.2. The summed E-state index contributed by atoms with van der Waals surface area (Å²) in [6, 6.07) is 43.0. The summed E-state index contributed by atoms with van der Waals surface area (Å²) in [6.07, 6.45) is 3.54. The topological polar surface area (TPSA) is 123 Å². The van der Waals surface area contributed by atoms with Crippen LogP contribution in [0, 0.1) is 34.3 Å². The van der Waals surface area contributed by atoms with Crippen LogP contribution < -0.4 is 0 Å². The van der Waals surface area contributed by atoms with E-state index in [1.165, 1.54) is 22.3 Å². The Morgan fingerprint density at radius 2 is 0.643 bits per heavy atom. The third-order valence-corrected chi connectivity index (χ3v) is 6.37. The van der Waals surface area contributed by atoms with Crippen LogP contribution in [0.3, 0.4) is 0 Å². The summed E-state index contributed by atoms with van der Waals surface area (Å²) in [4.78, 5) is 8.37. The van der Waals surface area contributed by atoms with Gasteiger partial charge in [-0.15, -0.1) is 46.4 Å². The fourth-order valence-electron chi connectivity index (χ4n) is 3.73. The van der Waals surface area contributed by atoms with Crippen LogP contribution in [0.2, 0.25) is 0 Å². The van der Waals surface area contributed by atoms with Crippen molar-refractivity contribution in [2.75, 3.05) is 10.7 Å². The second-order valence-corrected chi connectivity index (χ2v) is 17.9. The molecule has 6 aromatic rings. The number of benzene rings is 4. The fraction of sp³-hybridized carbons (Fsp3) is 0.146. The Morgan fingerprint density at radius 1 is 0.429 bits per heavy atom. The van der Waals surface area contributed by atoms with Crippen LogP contribution in [0.5, 0.6) is 0 Å². The summed E-state index contributed by atoms with van der Waals surface area (Å²) in [7, 11) is -21.3. The first-order valence-corrected chi connectivity index (χ1v) is 24.3. The fourth-order valence-corrected chi connectivity index (χ4v) is 3.73.